The average Bonchev–Trinajstić information content (AvgIpc) is 2.29. The number of hydrogen-bond acceptors (Lipinski definition) is 4. The van der Waals surface area contributed by atoms with Crippen LogP contribution in [0.4, 0.5) is 5.82 Å². The van der Waals surface area contributed by atoms with Crippen LogP contribution in [0, 0.1) is 6.92 Å². The normalized spacial score (nSPS) is 24.9. The van der Waals surface area contributed by atoms with Crippen molar-refractivity contribution in [2.45, 2.75) is 44.7 Å². The largest absolute Gasteiger partial charge is 0.367 e. The number of hydrogen-bond donors (Lipinski definition) is 1. The zero-order valence-corrected chi connectivity index (χ0v) is 11.0. The Balaban J connectivity index is 1.86. The third-order valence-electron chi connectivity index (χ3n) is 3.58. The van der Waals surface area contributed by atoms with Gasteiger partial charge in [0.15, 0.2) is 0 Å². The second-order valence-corrected chi connectivity index (χ2v) is 5.16. The van der Waals surface area contributed by atoms with E-state index in [1.165, 1.54) is 25.7 Å². The van der Waals surface area contributed by atoms with E-state index in [0.717, 1.165) is 17.6 Å². The second kappa shape index (κ2) is 5.45. The lowest BCUT2D eigenvalue weighted by Gasteiger charge is -2.33. The first kappa shape index (κ1) is 12.3. The maximum absolute atomic E-state index is 4.26. The Labute approximate surface area is 103 Å². The zero-order chi connectivity index (χ0) is 12.3. The van der Waals surface area contributed by atoms with E-state index in [1.807, 2.05) is 13.0 Å². The van der Waals surface area contributed by atoms with Crippen molar-refractivity contribution < 1.29 is 0 Å². The van der Waals surface area contributed by atoms with Crippen molar-refractivity contribution >= 4 is 5.82 Å². The average molecular weight is 234 g/mol. The lowest BCUT2D eigenvalue weighted by Crippen LogP contribution is -2.36. The Morgan fingerprint density at radius 2 is 1.88 bits per heavy atom. The fourth-order valence-electron chi connectivity index (χ4n) is 2.48. The highest BCUT2D eigenvalue weighted by Gasteiger charge is 2.22. The number of nitrogens with one attached hydrogen (secondary N) is 1. The van der Waals surface area contributed by atoms with E-state index < -0.39 is 0 Å². The first-order chi connectivity index (χ1) is 8.15. The lowest BCUT2D eigenvalue weighted by molar-refractivity contribution is 0.221. The molecule has 0 aliphatic heterocycles. The fourth-order valence-corrected chi connectivity index (χ4v) is 2.48. The molecule has 0 unspecified atom stereocenters. The predicted octanol–water partition coefficient (Wildman–Crippen LogP) is 2.07. The maximum Gasteiger partial charge on any atom is 0.129 e. The third kappa shape index (κ3) is 3.40. The molecule has 1 aliphatic carbocycles. The summed E-state index contributed by atoms with van der Waals surface area (Å²) in [6.45, 7) is 2.00. The molecular weight excluding hydrogens is 212 g/mol. The molecule has 1 aromatic heterocycles. The summed E-state index contributed by atoms with van der Waals surface area (Å²) >= 11 is 0. The van der Waals surface area contributed by atoms with Gasteiger partial charge in [-0.3, -0.25) is 0 Å². The van der Waals surface area contributed by atoms with Gasteiger partial charge in [-0.05, 0) is 46.7 Å². The van der Waals surface area contributed by atoms with Crippen LogP contribution in [0.5, 0.6) is 0 Å². The Morgan fingerprint density at radius 3 is 2.47 bits per heavy atom. The first-order valence-corrected chi connectivity index (χ1v) is 6.37. The van der Waals surface area contributed by atoms with E-state index in [2.05, 4.69) is 34.3 Å². The monoisotopic (exact) mass is 234 g/mol. The van der Waals surface area contributed by atoms with Gasteiger partial charge >= 0.3 is 0 Å². The van der Waals surface area contributed by atoms with E-state index in [1.54, 1.807) is 6.33 Å². The summed E-state index contributed by atoms with van der Waals surface area (Å²) in [6, 6.07) is 3.33. The number of anilines is 1. The molecule has 4 heteroatoms. The molecule has 1 N–H and O–H groups in total. The predicted molar refractivity (Wildman–Crippen MR) is 70.1 cm³/mol. The molecule has 4 nitrogen and oxygen atoms in total. The van der Waals surface area contributed by atoms with Crippen LogP contribution in [0.2, 0.25) is 0 Å². The van der Waals surface area contributed by atoms with Crippen LogP contribution in [-0.2, 0) is 0 Å². The van der Waals surface area contributed by atoms with Crippen LogP contribution < -0.4 is 5.32 Å². The van der Waals surface area contributed by atoms with Gasteiger partial charge in [0.2, 0.25) is 0 Å². The molecule has 1 saturated carbocycles. The van der Waals surface area contributed by atoms with Gasteiger partial charge in [-0.2, -0.15) is 0 Å². The topological polar surface area (TPSA) is 41.0 Å². The van der Waals surface area contributed by atoms with Gasteiger partial charge in [-0.15, -0.1) is 0 Å². The third-order valence-corrected chi connectivity index (χ3v) is 3.58. The van der Waals surface area contributed by atoms with E-state index in [-0.39, 0.29) is 0 Å². The molecule has 1 fully saturated rings. The SMILES string of the molecule is Cc1cc(N[C@H]2CC[C@@H](N(C)C)CC2)ncn1. The van der Waals surface area contributed by atoms with Gasteiger partial charge in [0, 0.05) is 23.8 Å². The highest BCUT2D eigenvalue weighted by atomic mass is 15.1. The van der Waals surface area contributed by atoms with Gasteiger partial charge in [0.25, 0.3) is 0 Å². The van der Waals surface area contributed by atoms with Crippen molar-refractivity contribution in [3.05, 3.63) is 18.1 Å². The number of nitrogens with zero attached hydrogens (tertiary/aromatic N) is 3. The van der Waals surface area contributed by atoms with Gasteiger partial charge < -0.3 is 10.2 Å². The maximum atomic E-state index is 4.26. The Morgan fingerprint density at radius 1 is 1.18 bits per heavy atom. The van der Waals surface area contributed by atoms with Crippen molar-refractivity contribution in [1.29, 1.82) is 0 Å². The van der Waals surface area contributed by atoms with Crippen molar-refractivity contribution in [2.24, 2.45) is 0 Å². The second-order valence-electron chi connectivity index (χ2n) is 5.16. The highest BCUT2D eigenvalue weighted by Crippen LogP contribution is 2.23. The fraction of sp³-hybridized carbons (Fsp3) is 0.692. The molecule has 0 amide bonds. The van der Waals surface area contributed by atoms with Crippen molar-refractivity contribution in [2.75, 3.05) is 19.4 Å². The molecule has 94 valence electrons. The van der Waals surface area contributed by atoms with Crippen molar-refractivity contribution in [3.8, 4) is 0 Å². The van der Waals surface area contributed by atoms with E-state index >= 15 is 0 Å². The summed E-state index contributed by atoms with van der Waals surface area (Å²) in [7, 11) is 4.35. The molecule has 0 bridgehead atoms. The number of rotatable bonds is 3. The van der Waals surface area contributed by atoms with Crippen molar-refractivity contribution in [3.63, 3.8) is 0 Å². The molecule has 17 heavy (non-hydrogen) atoms. The summed E-state index contributed by atoms with van der Waals surface area (Å²) in [6.07, 6.45) is 6.63. The lowest BCUT2D eigenvalue weighted by atomic mass is 9.90. The summed E-state index contributed by atoms with van der Waals surface area (Å²) in [5.74, 6) is 0.964. The first-order valence-electron chi connectivity index (χ1n) is 6.37. The van der Waals surface area contributed by atoms with Gasteiger partial charge in [0.1, 0.15) is 12.1 Å². The van der Waals surface area contributed by atoms with Crippen LogP contribution in [0.3, 0.4) is 0 Å². The minimum atomic E-state index is 0.570. The highest BCUT2D eigenvalue weighted by molar-refractivity contribution is 5.35. The summed E-state index contributed by atoms with van der Waals surface area (Å²) in [4.78, 5) is 10.7. The van der Waals surface area contributed by atoms with Gasteiger partial charge in [-0.1, -0.05) is 0 Å². The van der Waals surface area contributed by atoms with Crippen molar-refractivity contribution in [1.82, 2.24) is 14.9 Å². The summed E-state index contributed by atoms with van der Waals surface area (Å²) in [5.41, 5.74) is 1.02. The summed E-state index contributed by atoms with van der Waals surface area (Å²) in [5, 5.41) is 3.51. The molecular formula is C13H22N4. The van der Waals surface area contributed by atoms with E-state index in [0.29, 0.717) is 6.04 Å². The van der Waals surface area contributed by atoms with Crippen LogP contribution in [-0.4, -0.2) is 41.0 Å². The zero-order valence-electron chi connectivity index (χ0n) is 11.0. The summed E-state index contributed by atoms with van der Waals surface area (Å²) < 4.78 is 0. The quantitative estimate of drug-likeness (QED) is 0.869. The van der Waals surface area contributed by atoms with E-state index in [4.69, 9.17) is 0 Å². The molecule has 1 aliphatic rings. The smallest absolute Gasteiger partial charge is 0.129 e. The van der Waals surface area contributed by atoms with Gasteiger partial charge in [-0.25, -0.2) is 9.97 Å². The number of aryl methyl sites for hydroxylation is 1. The molecule has 0 atom stereocenters. The van der Waals surface area contributed by atoms with Crippen LogP contribution in [0.15, 0.2) is 12.4 Å². The number of aromatic nitrogens is 2. The molecule has 2 rings (SSSR count). The Hall–Kier alpha value is -1.16. The van der Waals surface area contributed by atoms with Crippen LogP contribution in [0.1, 0.15) is 31.4 Å². The standard InChI is InChI=1S/C13H22N4/c1-10-8-13(15-9-14-10)16-11-4-6-12(7-5-11)17(2)3/h8-9,11-12H,4-7H2,1-3H3,(H,14,15,16)/t11-,12+. The van der Waals surface area contributed by atoms with Gasteiger partial charge in [0.05, 0.1) is 0 Å². The molecule has 0 spiro atoms. The Bertz CT molecular complexity index is 356. The van der Waals surface area contributed by atoms with Crippen LogP contribution in [0.25, 0.3) is 0 Å². The Kier molecular flexibility index (Phi) is 3.94. The molecule has 1 aromatic rings. The molecule has 1 heterocycles. The minimum Gasteiger partial charge on any atom is -0.367 e. The molecule has 0 saturated heterocycles. The molecule has 0 aromatic carbocycles. The minimum absolute atomic E-state index is 0.570. The van der Waals surface area contributed by atoms with E-state index in [9.17, 15) is 0 Å². The molecule has 0 radical (unpaired) electrons. The van der Waals surface area contributed by atoms with Crippen LogP contribution >= 0.6 is 0 Å².